The third-order valence-corrected chi connectivity index (χ3v) is 7.75. The van der Waals surface area contributed by atoms with Crippen molar-refractivity contribution >= 4 is 63.9 Å². The van der Waals surface area contributed by atoms with E-state index in [0.717, 1.165) is 32.8 Å². The molecule has 0 aliphatic heterocycles. The van der Waals surface area contributed by atoms with Crippen molar-refractivity contribution in [1.29, 1.82) is 5.41 Å². The van der Waals surface area contributed by atoms with Crippen molar-refractivity contribution in [1.82, 2.24) is 26.3 Å². The minimum Gasteiger partial charge on any atom is -0.370 e. The second kappa shape index (κ2) is 15.6. The third-order valence-electron chi connectivity index (χ3n) is 7.39. The van der Waals surface area contributed by atoms with Crippen molar-refractivity contribution in [2.75, 3.05) is 12.3 Å². The van der Waals surface area contributed by atoms with Gasteiger partial charge in [0.2, 0.25) is 23.6 Å². The van der Waals surface area contributed by atoms with E-state index in [4.69, 9.17) is 16.9 Å². The van der Waals surface area contributed by atoms with E-state index in [1.807, 2.05) is 66.7 Å². The van der Waals surface area contributed by atoms with E-state index in [9.17, 15) is 19.2 Å². The van der Waals surface area contributed by atoms with E-state index in [0.29, 0.717) is 13.0 Å². The molecule has 1 aromatic heterocycles. The summed E-state index contributed by atoms with van der Waals surface area (Å²) in [4.78, 5) is 55.3. The summed E-state index contributed by atoms with van der Waals surface area (Å²) >= 11 is 4.11. The van der Waals surface area contributed by atoms with Crippen molar-refractivity contribution in [2.45, 2.75) is 43.8 Å². The molecule has 4 rings (SSSR count). The van der Waals surface area contributed by atoms with Crippen molar-refractivity contribution < 1.29 is 19.2 Å². The molecule has 0 saturated carbocycles. The SMILES string of the molecule is N=C(N)NCCC[C@H](NC(=O)Cc1ccc2ccccc2c1)C(=O)N[C@@H](Cc1c[nH]c2ccccc12)C(=O)N[C@@H](CS)C(N)=O. The first-order valence-corrected chi connectivity index (χ1v) is 15.2. The highest BCUT2D eigenvalue weighted by atomic mass is 32.1. The van der Waals surface area contributed by atoms with Crippen LogP contribution in [0.4, 0.5) is 0 Å². The molecule has 45 heavy (non-hydrogen) atoms. The van der Waals surface area contributed by atoms with E-state index < -0.39 is 35.8 Å². The molecule has 0 aliphatic carbocycles. The van der Waals surface area contributed by atoms with Crippen LogP contribution in [0.2, 0.25) is 0 Å². The molecular formula is C32H38N8O4S. The summed E-state index contributed by atoms with van der Waals surface area (Å²) in [6, 6.07) is 17.9. The van der Waals surface area contributed by atoms with Crippen LogP contribution >= 0.6 is 12.6 Å². The van der Waals surface area contributed by atoms with Gasteiger partial charge < -0.3 is 37.7 Å². The molecule has 12 nitrogen and oxygen atoms in total. The Morgan fingerprint density at radius 2 is 1.53 bits per heavy atom. The van der Waals surface area contributed by atoms with E-state index in [2.05, 4.69) is 38.9 Å². The average molecular weight is 631 g/mol. The zero-order chi connectivity index (χ0) is 32.3. The summed E-state index contributed by atoms with van der Waals surface area (Å²) in [5.41, 5.74) is 13.2. The molecule has 0 fully saturated rings. The number of thiol groups is 1. The molecule has 4 amide bonds. The monoisotopic (exact) mass is 630 g/mol. The standard InChI is InChI=1S/C32H38N8O4S/c33-29(42)27(18-45)40-31(44)26(16-22-17-37-24-9-4-3-8-23(22)24)39-30(43)25(10-5-13-36-32(34)35)38-28(41)15-19-11-12-20-6-1-2-7-21(20)14-19/h1-4,6-9,11-12,14,17,25-27,37,45H,5,10,13,15-16,18H2,(H2,33,42)(H,38,41)(H,39,43)(H,40,44)(H4,34,35,36)/t25-,26-,27-/m0/s1. The molecule has 0 aliphatic rings. The third kappa shape index (κ3) is 9.22. The van der Waals surface area contributed by atoms with Gasteiger partial charge in [-0.25, -0.2) is 0 Å². The van der Waals surface area contributed by atoms with E-state index in [1.54, 1.807) is 6.20 Å². The number of H-pyrrole nitrogens is 1. The molecule has 10 N–H and O–H groups in total. The van der Waals surface area contributed by atoms with Crippen molar-refractivity contribution in [2.24, 2.45) is 11.5 Å². The second-order valence-corrected chi connectivity index (χ2v) is 11.1. The highest BCUT2D eigenvalue weighted by molar-refractivity contribution is 7.80. The summed E-state index contributed by atoms with van der Waals surface area (Å²) in [5.74, 6) is -2.55. The molecule has 4 aromatic rings. The molecule has 0 saturated heterocycles. The van der Waals surface area contributed by atoms with Crippen LogP contribution in [0.15, 0.2) is 72.9 Å². The quantitative estimate of drug-likeness (QED) is 0.0408. The van der Waals surface area contributed by atoms with Crippen molar-refractivity contribution in [3.05, 3.63) is 84.1 Å². The summed E-state index contributed by atoms with van der Waals surface area (Å²) < 4.78 is 0. The van der Waals surface area contributed by atoms with Crippen LogP contribution in [0.5, 0.6) is 0 Å². The number of amides is 4. The van der Waals surface area contributed by atoms with Crippen LogP contribution in [-0.2, 0) is 32.0 Å². The predicted octanol–water partition coefficient (Wildman–Crippen LogP) is 1.24. The van der Waals surface area contributed by atoms with E-state index >= 15 is 0 Å². The van der Waals surface area contributed by atoms with Gasteiger partial charge in [0, 0.05) is 35.8 Å². The lowest BCUT2D eigenvalue weighted by molar-refractivity contribution is -0.133. The summed E-state index contributed by atoms with van der Waals surface area (Å²) in [6.45, 7) is 0.307. The van der Waals surface area contributed by atoms with Crippen molar-refractivity contribution in [3.63, 3.8) is 0 Å². The predicted molar refractivity (Wildman–Crippen MR) is 178 cm³/mol. The highest BCUT2D eigenvalue weighted by Crippen LogP contribution is 2.20. The van der Waals surface area contributed by atoms with E-state index in [1.165, 1.54) is 0 Å². The van der Waals surface area contributed by atoms with Gasteiger partial charge >= 0.3 is 0 Å². The van der Waals surface area contributed by atoms with Crippen molar-refractivity contribution in [3.8, 4) is 0 Å². The lowest BCUT2D eigenvalue weighted by Crippen LogP contribution is -2.57. The Hall–Kier alpha value is -5.04. The Morgan fingerprint density at radius 1 is 0.844 bits per heavy atom. The first kappa shape index (κ1) is 32.9. The molecule has 13 heteroatoms. The van der Waals surface area contributed by atoms with Gasteiger partial charge in [0.15, 0.2) is 5.96 Å². The minimum atomic E-state index is -1.10. The molecule has 0 bridgehead atoms. The normalized spacial score (nSPS) is 13.0. The Kier molecular flexibility index (Phi) is 11.4. The molecule has 0 radical (unpaired) electrons. The zero-order valence-corrected chi connectivity index (χ0v) is 25.5. The van der Waals surface area contributed by atoms with Crippen LogP contribution in [0.25, 0.3) is 21.7 Å². The number of aromatic amines is 1. The van der Waals surface area contributed by atoms with Crippen LogP contribution < -0.4 is 32.7 Å². The number of nitrogens with two attached hydrogens (primary N) is 2. The van der Waals surface area contributed by atoms with Gasteiger partial charge in [0.05, 0.1) is 6.42 Å². The number of hydrogen-bond donors (Lipinski definition) is 9. The Labute approximate surface area is 266 Å². The molecule has 236 valence electrons. The number of para-hydroxylation sites is 1. The van der Waals surface area contributed by atoms with Gasteiger partial charge in [-0.05, 0) is 40.8 Å². The van der Waals surface area contributed by atoms with Gasteiger partial charge in [-0.15, -0.1) is 0 Å². The van der Waals surface area contributed by atoms with Gasteiger partial charge in [0.25, 0.3) is 0 Å². The number of aromatic nitrogens is 1. The maximum atomic E-state index is 13.7. The first-order valence-electron chi connectivity index (χ1n) is 14.6. The Balaban J connectivity index is 1.53. The second-order valence-electron chi connectivity index (χ2n) is 10.7. The lowest BCUT2D eigenvalue weighted by atomic mass is 10.0. The number of rotatable bonds is 15. The summed E-state index contributed by atoms with van der Waals surface area (Å²) in [7, 11) is 0. The van der Waals surface area contributed by atoms with Gasteiger partial charge in [-0.2, -0.15) is 12.6 Å². The molecule has 0 unspecified atom stereocenters. The maximum Gasteiger partial charge on any atom is 0.243 e. The minimum absolute atomic E-state index is 0.0224. The molecule has 3 atom stereocenters. The molecular weight excluding hydrogens is 592 g/mol. The number of fused-ring (bicyclic) bond motifs is 2. The fourth-order valence-electron chi connectivity index (χ4n) is 5.06. The maximum absolute atomic E-state index is 13.7. The number of carbonyl (C=O) groups excluding carboxylic acids is 4. The molecule has 3 aromatic carbocycles. The smallest absolute Gasteiger partial charge is 0.243 e. The van der Waals surface area contributed by atoms with Crippen LogP contribution in [0.1, 0.15) is 24.0 Å². The van der Waals surface area contributed by atoms with Crippen LogP contribution in [0.3, 0.4) is 0 Å². The van der Waals surface area contributed by atoms with Crippen LogP contribution in [-0.4, -0.2) is 65.0 Å². The van der Waals surface area contributed by atoms with Crippen LogP contribution in [0, 0.1) is 5.41 Å². The summed E-state index contributed by atoms with van der Waals surface area (Å²) in [6.07, 6.45) is 2.51. The lowest BCUT2D eigenvalue weighted by Gasteiger charge is -2.24. The fraction of sp³-hybridized carbons (Fsp3) is 0.281. The number of hydrogen-bond acceptors (Lipinski definition) is 6. The fourth-order valence-corrected chi connectivity index (χ4v) is 5.33. The zero-order valence-electron chi connectivity index (χ0n) is 24.6. The number of carbonyl (C=O) groups is 4. The van der Waals surface area contributed by atoms with E-state index in [-0.39, 0.29) is 36.9 Å². The molecule has 1 heterocycles. The number of nitrogens with one attached hydrogen (secondary N) is 6. The average Bonchev–Trinajstić information content (AvgIpc) is 3.43. The topological polar surface area (TPSA) is 208 Å². The number of guanidine groups is 1. The number of benzene rings is 3. The highest BCUT2D eigenvalue weighted by Gasteiger charge is 2.29. The van der Waals surface area contributed by atoms with Gasteiger partial charge in [-0.3, -0.25) is 24.6 Å². The number of primary amides is 1. The van der Waals surface area contributed by atoms with Gasteiger partial charge in [0.1, 0.15) is 18.1 Å². The Bertz CT molecular complexity index is 1690. The Morgan fingerprint density at radius 3 is 2.27 bits per heavy atom. The molecule has 0 spiro atoms. The largest absolute Gasteiger partial charge is 0.370 e. The van der Waals surface area contributed by atoms with Gasteiger partial charge in [-0.1, -0.05) is 60.7 Å². The summed E-state index contributed by atoms with van der Waals surface area (Å²) in [5, 5.41) is 21.2. The first-order chi connectivity index (χ1) is 21.6.